The lowest BCUT2D eigenvalue weighted by atomic mass is 10.0. The first-order valence-electron chi connectivity index (χ1n) is 11.1. The molecule has 2 heterocycles. The summed E-state index contributed by atoms with van der Waals surface area (Å²) >= 11 is 1.61. The number of nitrogens with zero attached hydrogens (tertiary/aromatic N) is 3. The molecule has 1 amide bonds. The summed E-state index contributed by atoms with van der Waals surface area (Å²) in [5, 5.41) is 0.794. The summed E-state index contributed by atoms with van der Waals surface area (Å²) in [4.78, 5) is 22.9. The van der Waals surface area contributed by atoms with Crippen molar-refractivity contribution in [1.29, 1.82) is 0 Å². The van der Waals surface area contributed by atoms with E-state index in [4.69, 9.17) is 9.72 Å². The van der Waals surface area contributed by atoms with Crippen molar-refractivity contribution < 1.29 is 9.53 Å². The van der Waals surface area contributed by atoms with Gasteiger partial charge in [-0.3, -0.25) is 14.6 Å². The zero-order chi connectivity index (χ0) is 21.8. The fourth-order valence-electron chi connectivity index (χ4n) is 4.15. The number of benzene rings is 2. The number of carbonyl (C=O) groups is 1. The third kappa shape index (κ3) is 4.97. The summed E-state index contributed by atoms with van der Waals surface area (Å²) in [5.41, 5.74) is 5.19. The molecule has 3 aromatic rings. The van der Waals surface area contributed by atoms with Gasteiger partial charge in [-0.15, -0.1) is 0 Å². The molecule has 2 aromatic carbocycles. The predicted octanol–water partition coefficient (Wildman–Crippen LogP) is 4.84. The van der Waals surface area contributed by atoms with Crippen molar-refractivity contribution >= 4 is 32.6 Å². The van der Waals surface area contributed by atoms with E-state index < -0.39 is 0 Å². The molecule has 1 aromatic heterocycles. The van der Waals surface area contributed by atoms with Crippen molar-refractivity contribution in [3.05, 3.63) is 58.7 Å². The largest absolute Gasteiger partial charge is 0.379 e. The number of hydrogen-bond donors (Lipinski definition) is 0. The van der Waals surface area contributed by atoms with E-state index in [0.29, 0.717) is 6.54 Å². The number of ether oxygens (including phenoxy) is 1. The minimum atomic E-state index is 0.0385. The first kappa shape index (κ1) is 21.9. The van der Waals surface area contributed by atoms with Gasteiger partial charge in [0.25, 0.3) is 5.91 Å². The number of hydrogen-bond acceptors (Lipinski definition) is 5. The number of fused-ring (bicyclic) bond motifs is 1. The fraction of sp³-hybridized carbons (Fsp3) is 0.440. The average Bonchev–Trinajstić information content (AvgIpc) is 3.21. The van der Waals surface area contributed by atoms with Crippen LogP contribution in [0.5, 0.6) is 0 Å². The predicted molar refractivity (Wildman–Crippen MR) is 128 cm³/mol. The van der Waals surface area contributed by atoms with E-state index >= 15 is 0 Å². The Balaban J connectivity index is 1.62. The van der Waals surface area contributed by atoms with Gasteiger partial charge in [-0.2, -0.15) is 0 Å². The Morgan fingerprint density at radius 1 is 1.19 bits per heavy atom. The second-order valence-electron chi connectivity index (χ2n) is 8.20. The second kappa shape index (κ2) is 9.90. The van der Waals surface area contributed by atoms with Crippen LogP contribution in [0, 0.1) is 13.8 Å². The van der Waals surface area contributed by atoms with Gasteiger partial charge in [0, 0.05) is 31.7 Å². The number of aromatic nitrogens is 1. The molecule has 0 unspecified atom stereocenters. The maximum Gasteiger partial charge on any atom is 0.260 e. The van der Waals surface area contributed by atoms with E-state index in [1.807, 2.05) is 24.0 Å². The van der Waals surface area contributed by atoms with Gasteiger partial charge in [0.1, 0.15) is 0 Å². The van der Waals surface area contributed by atoms with Crippen molar-refractivity contribution in [2.75, 3.05) is 44.3 Å². The lowest BCUT2D eigenvalue weighted by Gasteiger charge is -2.28. The smallest absolute Gasteiger partial charge is 0.260 e. The number of thiazole rings is 1. The molecule has 0 N–H and O–H groups in total. The molecule has 0 radical (unpaired) electrons. The SMILES string of the molecule is CCc1cccc2sc(N(CCCN3CCOCC3)C(=O)c3ccc(C)cc3C)nc12. The maximum atomic E-state index is 13.6. The minimum absolute atomic E-state index is 0.0385. The van der Waals surface area contributed by atoms with E-state index in [-0.39, 0.29) is 5.91 Å². The molecule has 1 saturated heterocycles. The van der Waals surface area contributed by atoms with E-state index in [1.165, 1.54) is 11.1 Å². The molecule has 0 atom stereocenters. The van der Waals surface area contributed by atoms with Crippen molar-refractivity contribution in [2.24, 2.45) is 0 Å². The number of para-hydroxylation sites is 1. The van der Waals surface area contributed by atoms with Crippen LogP contribution in [0.1, 0.15) is 40.4 Å². The Labute approximate surface area is 188 Å². The first-order chi connectivity index (χ1) is 15.1. The molecule has 164 valence electrons. The van der Waals surface area contributed by atoms with Crippen LogP contribution in [0.4, 0.5) is 5.13 Å². The molecule has 1 aliphatic heterocycles. The van der Waals surface area contributed by atoms with Crippen LogP contribution in [0.15, 0.2) is 36.4 Å². The summed E-state index contributed by atoms with van der Waals surface area (Å²) in [6.07, 6.45) is 1.84. The standard InChI is InChI=1S/C25H31N3O2S/c1-4-20-7-5-8-22-23(20)26-25(31-22)28(12-6-11-27-13-15-30-16-14-27)24(29)21-10-9-18(2)17-19(21)3/h5,7-10,17H,4,6,11-16H2,1-3H3. The summed E-state index contributed by atoms with van der Waals surface area (Å²) in [7, 11) is 0. The number of amides is 1. The molecule has 0 aliphatic carbocycles. The third-order valence-electron chi connectivity index (χ3n) is 5.92. The molecule has 0 spiro atoms. The van der Waals surface area contributed by atoms with Crippen LogP contribution in [-0.4, -0.2) is 55.2 Å². The zero-order valence-corrected chi connectivity index (χ0v) is 19.5. The van der Waals surface area contributed by atoms with Gasteiger partial charge in [0.05, 0.1) is 23.4 Å². The second-order valence-corrected chi connectivity index (χ2v) is 9.21. The lowest BCUT2D eigenvalue weighted by molar-refractivity contribution is 0.0376. The summed E-state index contributed by atoms with van der Waals surface area (Å²) in [6, 6.07) is 12.3. The van der Waals surface area contributed by atoms with Crippen LogP contribution in [-0.2, 0) is 11.2 Å². The van der Waals surface area contributed by atoms with Gasteiger partial charge in [-0.05, 0) is 49.9 Å². The Kier molecular flexibility index (Phi) is 7.00. The number of carbonyl (C=O) groups excluding carboxylic acids is 1. The topological polar surface area (TPSA) is 45.7 Å². The van der Waals surface area contributed by atoms with E-state index in [1.54, 1.807) is 11.3 Å². The van der Waals surface area contributed by atoms with Gasteiger partial charge in [-0.1, -0.05) is 48.1 Å². The molecule has 5 nitrogen and oxygen atoms in total. The summed E-state index contributed by atoms with van der Waals surface area (Å²) in [6.45, 7) is 11.4. The molecule has 1 aliphatic rings. The van der Waals surface area contributed by atoms with Crippen LogP contribution in [0.3, 0.4) is 0 Å². The fourth-order valence-corrected chi connectivity index (χ4v) is 5.19. The lowest BCUT2D eigenvalue weighted by Crippen LogP contribution is -2.39. The van der Waals surface area contributed by atoms with Gasteiger partial charge in [-0.25, -0.2) is 4.98 Å². The van der Waals surface area contributed by atoms with Gasteiger partial charge in [0.2, 0.25) is 0 Å². The number of anilines is 1. The van der Waals surface area contributed by atoms with Crippen LogP contribution in [0.25, 0.3) is 10.2 Å². The van der Waals surface area contributed by atoms with Gasteiger partial charge in [0.15, 0.2) is 5.13 Å². The average molecular weight is 438 g/mol. The van der Waals surface area contributed by atoms with Crippen LogP contribution >= 0.6 is 11.3 Å². The van der Waals surface area contributed by atoms with E-state index in [0.717, 1.165) is 72.2 Å². The summed E-state index contributed by atoms with van der Waals surface area (Å²) in [5.74, 6) is 0.0385. The number of aryl methyl sites for hydroxylation is 3. The minimum Gasteiger partial charge on any atom is -0.379 e. The van der Waals surface area contributed by atoms with Crippen molar-refractivity contribution in [3.63, 3.8) is 0 Å². The van der Waals surface area contributed by atoms with Gasteiger partial charge >= 0.3 is 0 Å². The molecular formula is C25H31N3O2S. The highest BCUT2D eigenvalue weighted by molar-refractivity contribution is 7.22. The van der Waals surface area contributed by atoms with Gasteiger partial charge < -0.3 is 4.74 Å². The number of morpholine rings is 1. The third-order valence-corrected chi connectivity index (χ3v) is 6.96. The highest BCUT2D eigenvalue weighted by atomic mass is 32.1. The van der Waals surface area contributed by atoms with E-state index in [2.05, 4.69) is 43.0 Å². The first-order valence-corrected chi connectivity index (χ1v) is 12.0. The Morgan fingerprint density at radius 3 is 2.74 bits per heavy atom. The summed E-state index contributed by atoms with van der Waals surface area (Å²) < 4.78 is 6.60. The van der Waals surface area contributed by atoms with Crippen molar-refractivity contribution in [2.45, 2.75) is 33.6 Å². The molecular weight excluding hydrogens is 406 g/mol. The molecule has 1 fully saturated rings. The Morgan fingerprint density at radius 2 is 2.00 bits per heavy atom. The van der Waals surface area contributed by atoms with Crippen molar-refractivity contribution in [1.82, 2.24) is 9.88 Å². The molecule has 0 bridgehead atoms. The van der Waals surface area contributed by atoms with E-state index in [9.17, 15) is 4.79 Å². The molecule has 6 heteroatoms. The molecule has 31 heavy (non-hydrogen) atoms. The van der Waals surface area contributed by atoms with Crippen LogP contribution in [0.2, 0.25) is 0 Å². The molecule has 0 saturated carbocycles. The quantitative estimate of drug-likeness (QED) is 0.530. The monoisotopic (exact) mass is 437 g/mol. The Hall–Kier alpha value is -2.28. The maximum absolute atomic E-state index is 13.6. The number of rotatable bonds is 7. The molecule has 4 rings (SSSR count). The van der Waals surface area contributed by atoms with Crippen molar-refractivity contribution in [3.8, 4) is 0 Å². The highest BCUT2D eigenvalue weighted by Crippen LogP contribution is 2.32. The van der Waals surface area contributed by atoms with Crippen LogP contribution < -0.4 is 4.90 Å². The highest BCUT2D eigenvalue weighted by Gasteiger charge is 2.23. The normalized spacial score (nSPS) is 14.8. The zero-order valence-electron chi connectivity index (χ0n) is 18.7. The Bertz CT molecular complexity index is 1060.